The summed E-state index contributed by atoms with van der Waals surface area (Å²) in [5, 5.41) is 8.79. The number of hydrogen-bond acceptors (Lipinski definition) is 6. The van der Waals surface area contributed by atoms with E-state index < -0.39 is 10.0 Å². The van der Waals surface area contributed by atoms with Crippen LogP contribution in [0, 0.1) is 0 Å². The molecule has 2 fully saturated rings. The van der Waals surface area contributed by atoms with Gasteiger partial charge in [0.05, 0.1) is 4.90 Å². The van der Waals surface area contributed by atoms with Crippen molar-refractivity contribution in [3.05, 3.63) is 41.2 Å². The lowest BCUT2D eigenvalue weighted by atomic mass is 10.00. The molecule has 0 saturated heterocycles. The largest absolute Gasteiger partial charge is 0.367 e. The van der Waals surface area contributed by atoms with Crippen molar-refractivity contribution in [1.29, 1.82) is 0 Å². The number of sulfonamides is 1. The van der Waals surface area contributed by atoms with Crippen LogP contribution in [0.15, 0.2) is 29.2 Å². The molecular formula is C19H23N5O2S. The highest BCUT2D eigenvalue weighted by molar-refractivity contribution is 7.89. The minimum Gasteiger partial charge on any atom is -0.367 e. The normalized spacial score (nSPS) is 19.7. The summed E-state index contributed by atoms with van der Waals surface area (Å²) in [4.78, 5) is 11.9. The minimum absolute atomic E-state index is 0.167. The molecule has 27 heavy (non-hydrogen) atoms. The lowest BCUT2D eigenvalue weighted by molar-refractivity contribution is 0.597. The molecule has 0 unspecified atom stereocenters. The Hall–Kier alpha value is -2.19. The van der Waals surface area contributed by atoms with Crippen LogP contribution in [0.3, 0.4) is 0 Å². The molecule has 2 heterocycles. The minimum atomic E-state index is -3.70. The second kappa shape index (κ2) is 6.17. The summed E-state index contributed by atoms with van der Waals surface area (Å²) in [6.07, 6.45) is 5.57. The molecule has 3 aliphatic rings. The van der Waals surface area contributed by atoms with Crippen molar-refractivity contribution in [1.82, 2.24) is 9.97 Å². The molecule has 5 rings (SSSR count). The van der Waals surface area contributed by atoms with Gasteiger partial charge in [-0.25, -0.2) is 23.5 Å². The van der Waals surface area contributed by atoms with E-state index in [0.29, 0.717) is 18.5 Å². The molecule has 1 aromatic heterocycles. The van der Waals surface area contributed by atoms with Gasteiger partial charge in [0.15, 0.2) is 0 Å². The fourth-order valence-electron chi connectivity index (χ4n) is 3.56. The second-order valence-electron chi connectivity index (χ2n) is 7.81. The number of anilines is 2. The van der Waals surface area contributed by atoms with Gasteiger partial charge in [-0.2, -0.15) is 0 Å². The highest BCUT2D eigenvalue weighted by Crippen LogP contribution is 2.40. The van der Waals surface area contributed by atoms with Crippen molar-refractivity contribution in [2.24, 2.45) is 5.14 Å². The van der Waals surface area contributed by atoms with E-state index >= 15 is 0 Å². The number of fused-ring (bicyclic) bond motifs is 1. The Labute approximate surface area is 159 Å². The highest BCUT2D eigenvalue weighted by Gasteiger charge is 2.30. The van der Waals surface area contributed by atoms with E-state index in [4.69, 9.17) is 15.1 Å². The highest BCUT2D eigenvalue weighted by atomic mass is 32.2. The topological polar surface area (TPSA) is 101 Å². The summed E-state index contributed by atoms with van der Waals surface area (Å²) in [7, 11) is -3.70. The summed E-state index contributed by atoms with van der Waals surface area (Å²) in [5.74, 6) is 3.24. The number of benzene rings is 1. The average molecular weight is 385 g/mol. The Balaban J connectivity index is 1.46. The van der Waals surface area contributed by atoms with Crippen molar-refractivity contribution in [3.63, 3.8) is 0 Å². The van der Waals surface area contributed by atoms with Gasteiger partial charge in [-0.15, -0.1) is 0 Å². The molecular weight excluding hydrogens is 362 g/mol. The first-order valence-corrected chi connectivity index (χ1v) is 11.1. The molecule has 0 amide bonds. The van der Waals surface area contributed by atoms with E-state index in [0.717, 1.165) is 48.8 Å². The molecule has 8 heteroatoms. The Bertz CT molecular complexity index is 999. The Kier molecular flexibility index (Phi) is 3.87. The van der Waals surface area contributed by atoms with Crippen LogP contribution in [0.25, 0.3) is 0 Å². The third-order valence-corrected chi connectivity index (χ3v) is 6.36. The Morgan fingerprint density at radius 3 is 2.59 bits per heavy atom. The molecule has 3 N–H and O–H groups in total. The number of nitrogens with two attached hydrogens (primary N) is 1. The molecule has 2 aromatic rings. The van der Waals surface area contributed by atoms with Gasteiger partial charge in [0.1, 0.15) is 17.5 Å². The first-order chi connectivity index (χ1) is 13.0. The van der Waals surface area contributed by atoms with Crippen LogP contribution < -0.4 is 15.4 Å². The number of hydrogen-bond donors (Lipinski definition) is 2. The van der Waals surface area contributed by atoms with Crippen LogP contribution in [0.5, 0.6) is 0 Å². The third kappa shape index (κ3) is 3.64. The summed E-state index contributed by atoms with van der Waals surface area (Å²) in [6.45, 7) is 1.48. The molecule has 0 spiro atoms. The molecule has 0 radical (unpaired) electrons. The molecule has 1 aromatic carbocycles. The Morgan fingerprint density at radius 1 is 1.07 bits per heavy atom. The summed E-state index contributed by atoms with van der Waals surface area (Å²) >= 11 is 0. The van der Waals surface area contributed by atoms with Crippen LogP contribution in [-0.4, -0.2) is 31.0 Å². The monoisotopic (exact) mass is 385 g/mol. The van der Waals surface area contributed by atoms with E-state index in [1.54, 1.807) is 12.1 Å². The van der Waals surface area contributed by atoms with Crippen molar-refractivity contribution in [3.8, 4) is 0 Å². The Morgan fingerprint density at radius 2 is 1.89 bits per heavy atom. The maximum absolute atomic E-state index is 11.7. The van der Waals surface area contributed by atoms with Crippen LogP contribution in [0.2, 0.25) is 0 Å². The maximum atomic E-state index is 11.7. The average Bonchev–Trinajstić information content (AvgIpc) is 3.53. The smallest absolute Gasteiger partial charge is 0.238 e. The molecule has 0 atom stereocenters. The van der Waals surface area contributed by atoms with Crippen molar-refractivity contribution in [2.45, 2.75) is 55.5 Å². The fourth-order valence-corrected chi connectivity index (χ4v) is 4.12. The lowest BCUT2D eigenvalue weighted by Crippen LogP contribution is -2.31. The predicted octanol–water partition coefficient (Wildman–Crippen LogP) is 2.14. The zero-order valence-electron chi connectivity index (χ0n) is 15.1. The van der Waals surface area contributed by atoms with E-state index in [2.05, 4.69) is 10.2 Å². The summed E-state index contributed by atoms with van der Waals surface area (Å²) in [6, 6.07) is 7.74. The standard InChI is InChI=1S/C19H23N5O2S/c20-27(25,26)16-6-3-12-7-8-24(11-14(12)9-16)18-10-17(21-15-4-5-15)22-19(23-18)13-1-2-13/h3,6,9-10,13,15H,1-2,4-5,7-8,11H2,(H2,20,25,26)(H,21,22,23). The number of primary sulfonamides is 1. The van der Waals surface area contributed by atoms with Gasteiger partial charge in [0.2, 0.25) is 10.0 Å². The van der Waals surface area contributed by atoms with Crippen molar-refractivity contribution in [2.75, 3.05) is 16.8 Å². The molecule has 2 saturated carbocycles. The van der Waals surface area contributed by atoms with E-state index in [1.807, 2.05) is 12.1 Å². The van der Waals surface area contributed by atoms with Gasteiger partial charge in [-0.05, 0) is 55.4 Å². The zero-order valence-corrected chi connectivity index (χ0v) is 15.9. The van der Waals surface area contributed by atoms with Crippen LogP contribution in [0.1, 0.15) is 48.6 Å². The molecule has 2 aliphatic carbocycles. The second-order valence-corrected chi connectivity index (χ2v) is 9.37. The first kappa shape index (κ1) is 16.9. The number of aromatic nitrogens is 2. The molecule has 1 aliphatic heterocycles. The van der Waals surface area contributed by atoms with Crippen molar-refractivity contribution >= 4 is 21.7 Å². The van der Waals surface area contributed by atoms with Crippen LogP contribution in [0.4, 0.5) is 11.6 Å². The predicted molar refractivity (Wildman–Crippen MR) is 103 cm³/mol. The fraction of sp³-hybridized carbons (Fsp3) is 0.474. The molecule has 7 nitrogen and oxygen atoms in total. The summed E-state index contributed by atoms with van der Waals surface area (Å²) in [5.41, 5.74) is 2.17. The lowest BCUT2D eigenvalue weighted by Gasteiger charge is -2.30. The van der Waals surface area contributed by atoms with E-state index in [-0.39, 0.29) is 4.90 Å². The van der Waals surface area contributed by atoms with Gasteiger partial charge in [-0.1, -0.05) is 6.07 Å². The third-order valence-electron chi connectivity index (χ3n) is 5.44. The van der Waals surface area contributed by atoms with Crippen LogP contribution in [-0.2, 0) is 23.0 Å². The van der Waals surface area contributed by atoms with Crippen LogP contribution >= 0.6 is 0 Å². The molecule has 142 valence electrons. The summed E-state index contributed by atoms with van der Waals surface area (Å²) < 4.78 is 23.4. The number of rotatable bonds is 5. The van der Waals surface area contributed by atoms with Gasteiger partial charge in [-0.3, -0.25) is 0 Å². The van der Waals surface area contributed by atoms with E-state index in [9.17, 15) is 8.42 Å². The SMILES string of the molecule is NS(=O)(=O)c1ccc2c(c1)CN(c1cc(NC3CC3)nc(C3CC3)n1)CC2. The van der Waals surface area contributed by atoms with Crippen molar-refractivity contribution < 1.29 is 8.42 Å². The van der Waals surface area contributed by atoms with Gasteiger partial charge >= 0.3 is 0 Å². The van der Waals surface area contributed by atoms with E-state index in [1.165, 1.54) is 18.4 Å². The van der Waals surface area contributed by atoms with Gasteiger partial charge < -0.3 is 10.2 Å². The quantitative estimate of drug-likeness (QED) is 0.818. The van der Waals surface area contributed by atoms with Gasteiger partial charge in [0, 0.05) is 31.1 Å². The zero-order chi connectivity index (χ0) is 18.6. The first-order valence-electron chi connectivity index (χ1n) is 9.51. The number of nitrogens with zero attached hydrogens (tertiary/aromatic N) is 3. The molecule has 0 bridgehead atoms. The number of nitrogens with one attached hydrogen (secondary N) is 1. The van der Waals surface area contributed by atoms with Gasteiger partial charge in [0.25, 0.3) is 0 Å². The maximum Gasteiger partial charge on any atom is 0.238 e.